The number of nitrogens with one attached hydrogen (secondary N) is 2. The lowest BCUT2D eigenvalue weighted by molar-refractivity contribution is -0.124. The van der Waals surface area contributed by atoms with Crippen molar-refractivity contribution in [2.24, 2.45) is 0 Å². The number of rotatable bonds is 9. The quantitative estimate of drug-likeness (QED) is 0.517. The van der Waals surface area contributed by atoms with E-state index in [1.54, 1.807) is 17.5 Å². The lowest BCUT2D eigenvalue weighted by Gasteiger charge is -2.06. The first kappa shape index (κ1) is 19.0. The zero-order valence-corrected chi connectivity index (χ0v) is 15.0. The van der Waals surface area contributed by atoms with Crippen LogP contribution in [0.5, 0.6) is 0 Å². The second-order valence-corrected chi connectivity index (χ2v) is 6.31. The molecular weight excluding hydrogens is 362 g/mol. The third-order valence-electron chi connectivity index (χ3n) is 3.07. The summed E-state index contributed by atoms with van der Waals surface area (Å²) >= 11 is 7.18. The maximum Gasteiger partial charge on any atom is 0.358 e. The van der Waals surface area contributed by atoms with Crippen LogP contribution in [0, 0.1) is 0 Å². The number of carbonyl (C=O) groups excluding carboxylic acids is 2. The van der Waals surface area contributed by atoms with Gasteiger partial charge in [0.15, 0.2) is 17.4 Å². The van der Waals surface area contributed by atoms with Gasteiger partial charge in [-0.3, -0.25) is 4.79 Å². The SMILES string of the molecule is C=CCNc1nc(C(=O)OCC(=O)NCCc2cccc(Cl)c2)cs1. The molecule has 0 saturated carbocycles. The van der Waals surface area contributed by atoms with Gasteiger partial charge in [0, 0.05) is 23.5 Å². The lowest BCUT2D eigenvalue weighted by Crippen LogP contribution is -2.30. The Morgan fingerprint density at radius 3 is 3.00 bits per heavy atom. The number of aromatic nitrogens is 1. The molecule has 0 aliphatic rings. The number of anilines is 1. The summed E-state index contributed by atoms with van der Waals surface area (Å²) in [6.07, 6.45) is 2.33. The van der Waals surface area contributed by atoms with Crippen molar-refractivity contribution < 1.29 is 14.3 Å². The molecule has 0 aliphatic carbocycles. The van der Waals surface area contributed by atoms with Gasteiger partial charge in [0.2, 0.25) is 0 Å². The fraction of sp³-hybridized carbons (Fsp3) is 0.235. The average molecular weight is 380 g/mol. The number of thiazole rings is 1. The molecule has 0 fully saturated rings. The van der Waals surface area contributed by atoms with Crippen molar-refractivity contribution in [1.82, 2.24) is 10.3 Å². The van der Waals surface area contributed by atoms with Crippen molar-refractivity contribution in [1.29, 1.82) is 0 Å². The zero-order chi connectivity index (χ0) is 18.1. The summed E-state index contributed by atoms with van der Waals surface area (Å²) in [5.74, 6) is -0.997. The second-order valence-electron chi connectivity index (χ2n) is 5.01. The summed E-state index contributed by atoms with van der Waals surface area (Å²) in [5, 5.41) is 8.49. The summed E-state index contributed by atoms with van der Waals surface area (Å²) in [5.41, 5.74) is 1.19. The number of hydrogen-bond acceptors (Lipinski definition) is 6. The maximum atomic E-state index is 11.8. The van der Waals surface area contributed by atoms with Crippen LogP contribution < -0.4 is 10.6 Å². The molecule has 1 heterocycles. The Bertz CT molecular complexity index is 748. The molecule has 2 rings (SSSR count). The number of halogens is 1. The van der Waals surface area contributed by atoms with Crippen molar-refractivity contribution in [2.75, 3.05) is 25.0 Å². The van der Waals surface area contributed by atoms with E-state index in [1.165, 1.54) is 11.3 Å². The van der Waals surface area contributed by atoms with Crippen LogP contribution in [0.2, 0.25) is 5.02 Å². The third kappa shape index (κ3) is 6.56. The van der Waals surface area contributed by atoms with Crippen LogP contribution in [0.15, 0.2) is 42.3 Å². The molecule has 1 aromatic heterocycles. The van der Waals surface area contributed by atoms with E-state index < -0.39 is 5.97 Å². The Morgan fingerprint density at radius 1 is 1.40 bits per heavy atom. The normalized spacial score (nSPS) is 10.1. The summed E-state index contributed by atoms with van der Waals surface area (Å²) in [6.45, 7) is 4.23. The Morgan fingerprint density at radius 2 is 2.24 bits per heavy atom. The highest BCUT2D eigenvalue weighted by atomic mass is 35.5. The van der Waals surface area contributed by atoms with Gasteiger partial charge in [0.25, 0.3) is 5.91 Å². The fourth-order valence-corrected chi connectivity index (χ4v) is 2.81. The standard InChI is InChI=1S/C17H18ClN3O3S/c1-2-7-20-17-21-14(11-25-17)16(23)24-10-15(22)19-8-6-12-4-3-5-13(18)9-12/h2-5,9,11H,1,6-8,10H2,(H,19,22)(H,20,21). The minimum atomic E-state index is -0.632. The van der Waals surface area contributed by atoms with Crippen molar-refractivity contribution in [2.45, 2.75) is 6.42 Å². The molecular formula is C17H18ClN3O3S. The number of benzene rings is 1. The molecule has 0 bridgehead atoms. The van der Waals surface area contributed by atoms with E-state index in [-0.39, 0.29) is 18.2 Å². The van der Waals surface area contributed by atoms with E-state index in [2.05, 4.69) is 22.2 Å². The van der Waals surface area contributed by atoms with Gasteiger partial charge >= 0.3 is 5.97 Å². The molecule has 0 spiro atoms. The molecule has 132 valence electrons. The van der Waals surface area contributed by atoms with E-state index >= 15 is 0 Å². The second kappa shape index (κ2) is 9.80. The number of nitrogens with zero attached hydrogens (tertiary/aromatic N) is 1. The molecule has 25 heavy (non-hydrogen) atoms. The third-order valence-corrected chi connectivity index (χ3v) is 4.11. The van der Waals surface area contributed by atoms with Gasteiger partial charge in [-0.25, -0.2) is 9.78 Å². The van der Waals surface area contributed by atoms with Crippen LogP contribution in [-0.4, -0.2) is 36.6 Å². The summed E-state index contributed by atoms with van der Waals surface area (Å²) in [6, 6.07) is 7.42. The van der Waals surface area contributed by atoms with E-state index in [0.717, 1.165) is 5.56 Å². The summed E-state index contributed by atoms with van der Waals surface area (Å²) < 4.78 is 4.95. The Hall–Kier alpha value is -2.38. The number of esters is 1. The molecule has 8 heteroatoms. The molecule has 1 aromatic carbocycles. The van der Waals surface area contributed by atoms with E-state index in [1.807, 2.05) is 18.2 Å². The first-order valence-electron chi connectivity index (χ1n) is 7.57. The van der Waals surface area contributed by atoms with Gasteiger partial charge in [-0.15, -0.1) is 17.9 Å². The molecule has 0 aliphatic heterocycles. The Labute approximate surface area is 154 Å². The number of carbonyl (C=O) groups is 2. The first-order valence-corrected chi connectivity index (χ1v) is 8.83. The summed E-state index contributed by atoms with van der Waals surface area (Å²) in [7, 11) is 0. The molecule has 6 nitrogen and oxygen atoms in total. The molecule has 0 unspecified atom stereocenters. The minimum Gasteiger partial charge on any atom is -0.451 e. The molecule has 0 radical (unpaired) electrons. The Kier molecular flexibility index (Phi) is 7.43. The number of ether oxygens (including phenoxy) is 1. The first-order chi connectivity index (χ1) is 12.1. The molecule has 1 amide bonds. The van der Waals surface area contributed by atoms with Crippen LogP contribution >= 0.6 is 22.9 Å². The molecule has 2 N–H and O–H groups in total. The van der Waals surface area contributed by atoms with E-state index in [9.17, 15) is 9.59 Å². The predicted octanol–water partition coefficient (Wildman–Crippen LogP) is 2.91. The maximum absolute atomic E-state index is 11.8. The lowest BCUT2D eigenvalue weighted by atomic mass is 10.1. The summed E-state index contributed by atoms with van der Waals surface area (Å²) in [4.78, 5) is 27.7. The Balaban J connectivity index is 1.69. The van der Waals surface area contributed by atoms with Crippen LogP contribution in [0.25, 0.3) is 0 Å². The van der Waals surface area contributed by atoms with E-state index in [0.29, 0.717) is 29.7 Å². The van der Waals surface area contributed by atoms with Gasteiger partial charge in [-0.2, -0.15) is 0 Å². The largest absolute Gasteiger partial charge is 0.451 e. The van der Waals surface area contributed by atoms with Crippen molar-refractivity contribution in [3.05, 3.63) is 58.6 Å². The smallest absolute Gasteiger partial charge is 0.358 e. The van der Waals surface area contributed by atoms with Crippen LogP contribution in [0.4, 0.5) is 5.13 Å². The van der Waals surface area contributed by atoms with Gasteiger partial charge in [0.1, 0.15) is 0 Å². The fourth-order valence-electron chi connectivity index (χ4n) is 1.90. The van der Waals surface area contributed by atoms with Crippen LogP contribution in [0.3, 0.4) is 0 Å². The molecule has 0 saturated heterocycles. The zero-order valence-electron chi connectivity index (χ0n) is 13.5. The van der Waals surface area contributed by atoms with Gasteiger partial charge in [-0.1, -0.05) is 29.8 Å². The molecule has 0 atom stereocenters. The van der Waals surface area contributed by atoms with Crippen LogP contribution in [0.1, 0.15) is 16.1 Å². The molecule has 2 aromatic rings. The van der Waals surface area contributed by atoms with Gasteiger partial charge in [-0.05, 0) is 24.1 Å². The number of amides is 1. The highest BCUT2D eigenvalue weighted by Gasteiger charge is 2.13. The average Bonchev–Trinajstić information content (AvgIpc) is 3.07. The van der Waals surface area contributed by atoms with E-state index in [4.69, 9.17) is 16.3 Å². The highest BCUT2D eigenvalue weighted by Crippen LogP contribution is 2.15. The minimum absolute atomic E-state index is 0.170. The highest BCUT2D eigenvalue weighted by molar-refractivity contribution is 7.13. The number of hydrogen-bond donors (Lipinski definition) is 2. The van der Waals surface area contributed by atoms with Gasteiger partial charge < -0.3 is 15.4 Å². The topological polar surface area (TPSA) is 80.3 Å². The monoisotopic (exact) mass is 379 g/mol. The van der Waals surface area contributed by atoms with Crippen molar-refractivity contribution in [3.63, 3.8) is 0 Å². The van der Waals surface area contributed by atoms with Crippen molar-refractivity contribution in [3.8, 4) is 0 Å². The van der Waals surface area contributed by atoms with Gasteiger partial charge in [0.05, 0.1) is 0 Å². The predicted molar refractivity (Wildman–Crippen MR) is 99.2 cm³/mol. The van der Waals surface area contributed by atoms with Crippen LogP contribution in [-0.2, 0) is 16.0 Å². The van der Waals surface area contributed by atoms with Crippen molar-refractivity contribution >= 4 is 39.9 Å².